The number of nitrogens with one attached hydrogen (secondary N) is 1. The van der Waals surface area contributed by atoms with Crippen molar-refractivity contribution in [2.45, 2.75) is 19.8 Å². The van der Waals surface area contributed by atoms with E-state index in [9.17, 15) is 4.79 Å². The molecule has 1 N–H and O–H groups in total. The van der Waals surface area contributed by atoms with Crippen molar-refractivity contribution in [2.75, 3.05) is 11.9 Å². The monoisotopic (exact) mass is 197 g/mol. The van der Waals surface area contributed by atoms with Gasteiger partial charge < -0.3 is 10.1 Å². The summed E-state index contributed by atoms with van der Waals surface area (Å²) in [5.41, 5.74) is 0.610. The fraction of sp³-hybridized carbons (Fsp3) is 0.556. The Morgan fingerprint density at radius 2 is 2.50 bits per heavy atom. The highest BCUT2D eigenvalue weighted by molar-refractivity contribution is 5.73. The van der Waals surface area contributed by atoms with Crippen molar-refractivity contribution in [3.05, 3.63) is 6.20 Å². The number of aromatic nitrogens is 2. The van der Waals surface area contributed by atoms with Crippen LogP contribution in [-0.4, -0.2) is 22.8 Å². The van der Waals surface area contributed by atoms with Gasteiger partial charge in [-0.15, -0.1) is 5.10 Å². The molecular weight excluding hydrogens is 182 g/mol. The van der Waals surface area contributed by atoms with Crippen LogP contribution in [0.1, 0.15) is 19.8 Å². The van der Waals surface area contributed by atoms with E-state index in [0.717, 1.165) is 12.8 Å². The Morgan fingerprint density at radius 3 is 3.14 bits per heavy atom. The maximum Gasteiger partial charge on any atom is 0.256 e. The van der Waals surface area contributed by atoms with Gasteiger partial charge in [0, 0.05) is 7.05 Å². The van der Waals surface area contributed by atoms with Crippen LogP contribution in [-0.2, 0) is 11.8 Å². The molecule has 1 heterocycles. The lowest BCUT2D eigenvalue weighted by Gasteiger charge is -2.02. The molecule has 0 aliphatic heterocycles. The SMILES string of the molecule is CCCCOc1nn(C)cc1NC=O. The summed E-state index contributed by atoms with van der Waals surface area (Å²) in [6, 6.07) is 0. The van der Waals surface area contributed by atoms with Gasteiger partial charge in [-0.1, -0.05) is 13.3 Å². The van der Waals surface area contributed by atoms with Gasteiger partial charge >= 0.3 is 0 Å². The molecule has 5 heteroatoms. The van der Waals surface area contributed by atoms with Crippen LogP contribution in [0.5, 0.6) is 5.88 Å². The van der Waals surface area contributed by atoms with Crippen LogP contribution in [0.15, 0.2) is 6.20 Å². The molecule has 0 bridgehead atoms. The minimum Gasteiger partial charge on any atom is -0.475 e. The van der Waals surface area contributed by atoms with Crippen molar-refractivity contribution in [3.8, 4) is 5.88 Å². The molecule has 1 aromatic rings. The molecule has 0 radical (unpaired) electrons. The molecule has 14 heavy (non-hydrogen) atoms. The van der Waals surface area contributed by atoms with Crippen LogP contribution in [0, 0.1) is 0 Å². The van der Waals surface area contributed by atoms with Gasteiger partial charge in [0.15, 0.2) is 0 Å². The molecule has 0 saturated carbocycles. The second-order valence-electron chi connectivity index (χ2n) is 2.99. The summed E-state index contributed by atoms with van der Waals surface area (Å²) in [5.74, 6) is 0.480. The third kappa shape index (κ3) is 2.76. The van der Waals surface area contributed by atoms with Crippen LogP contribution in [0.2, 0.25) is 0 Å². The summed E-state index contributed by atoms with van der Waals surface area (Å²) >= 11 is 0. The molecule has 0 spiro atoms. The third-order valence-corrected chi connectivity index (χ3v) is 1.75. The van der Waals surface area contributed by atoms with Crippen molar-refractivity contribution in [2.24, 2.45) is 7.05 Å². The number of anilines is 1. The quantitative estimate of drug-likeness (QED) is 0.550. The topological polar surface area (TPSA) is 56.1 Å². The molecule has 0 atom stereocenters. The van der Waals surface area contributed by atoms with Crippen LogP contribution in [0.3, 0.4) is 0 Å². The Hall–Kier alpha value is -1.52. The molecule has 78 valence electrons. The summed E-state index contributed by atoms with van der Waals surface area (Å²) < 4.78 is 7.00. The Morgan fingerprint density at radius 1 is 1.71 bits per heavy atom. The molecule has 0 saturated heterocycles. The predicted octanol–water partition coefficient (Wildman–Crippen LogP) is 1.17. The lowest BCUT2D eigenvalue weighted by atomic mass is 10.4. The molecule has 0 aliphatic rings. The summed E-state index contributed by atoms with van der Waals surface area (Å²) in [4.78, 5) is 10.3. The van der Waals surface area contributed by atoms with Crippen LogP contribution >= 0.6 is 0 Å². The zero-order chi connectivity index (χ0) is 10.4. The van der Waals surface area contributed by atoms with E-state index in [4.69, 9.17) is 4.74 Å². The van der Waals surface area contributed by atoms with E-state index in [1.165, 1.54) is 0 Å². The van der Waals surface area contributed by atoms with Gasteiger partial charge in [-0.3, -0.25) is 9.48 Å². The zero-order valence-corrected chi connectivity index (χ0v) is 8.49. The zero-order valence-electron chi connectivity index (χ0n) is 8.49. The normalized spacial score (nSPS) is 9.86. The van der Waals surface area contributed by atoms with Crippen LogP contribution in [0.25, 0.3) is 0 Å². The molecule has 5 nitrogen and oxygen atoms in total. The molecule has 1 amide bonds. The number of hydrogen-bond donors (Lipinski definition) is 1. The lowest BCUT2D eigenvalue weighted by molar-refractivity contribution is -0.105. The minimum atomic E-state index is 0.480. The largest absolute Gasteiger partial charge is 0.475 e. The fourth-order valence-electron chi connectivity index (χ4n) is 1.05. The van der Waals surface area contributed by atoms with Gasteiger partial charge in [-0.25, -0.2) is 0 Å². The van der Waals surface area contributed by atoms with E-state index >= 15 is 0 Å². The molecule has 1 rings (SSSR count). The van der Waals surface area contributed by atoms with Gasteiger partial charge in [0.25, 0.3) is 5.88 Å². The Balaban J connectivity index is 2.59. The van der Waals surface area contributed by atoms with E-state index in [2.05, 4.69) is 17.3 Å². The Kier molecular flexibility index (Phi) is 3.97. The smallest absolute Gasteiger partial charge is 0.256 e. The highest BCUT2D eigenvalue weighted by Gasteiger charge is 2.07. The summed E-state index contributed by atoms with van der Waals surface area (Å²) in [6.45, 7) is 2.72. The second kappa shape index (κ2) is 5.26. The first-order valence-corrected chi connectivity index (χ1v) is 4.64. The lowest BCUT2D eigenvalue weighted by Crippen LogP contribution is -2.01. The average Bonchev–Trinajstić information content (AvgIpc) is 2.48. The predicted molar refractivity (Wildman–Crippen MR) is 53.3 cm³/mol. The van der Waals surface area contributed by atoms with E-state index in [0.29, 0.717) is 24.6 Å². The van der Waals surface area contributed by atoms with Crippen molar-refractivity contribution in [1.29, 1.82) is 0 Å². The molecule has 0 aliphatic carbocycles. The fourth-order valence-corrected chi connectivity index (χ4v) is 1.05. The molecule has 0 aromatic carbocycles. The highest BCUT2D eigenvalue weighted by atomic mass is 16.5. The number of ether oxygens (including phenoxy) is 1. The maximum atomic E-state index is 10.3. The number of nitrogens with zero attached hydrogens (tertiary/aromatic N) is 2. The number of carbonyl (C=O) groups excluding carboxylic acids is 1. The van der Waals surface area contributed by atoms with E-state index < -0.39 is 0 Å². The average molecular weight is 197 g/mol. The Bertz CT molecular complexity index is 296. The first-order valence-electron chi connectivity index (χ1n) is 4.64. The number of rotatable bonds is 6. The molecule has 1 aromatic heterocycles. The van der Waals surface area contributed by atoms with Crippen LogP contribution < -0.4 is 10.1 Å². The molecular formula is C9H15N3O2. The van der Waals surface area contributed by atoms with E-state index in [1.807, 2.05) is 0 Å². The molecule has 0 unspecified atom stereocenters. The van der Waals surface area contributed by atoms with Gasteiger partial charge in [0.2, 0.25) is 6.41 Å². The molecule has 0 fully saturated rings. The standard InChI is InChI=1S/C9H15N3O2/c1-3-4-5-14-9-8(10-7-13)6-12(2)11-9/h6-7H,3-5H2,1-2H3,(H,10,13). The van der Waals surface area contributed by atoms with Gasteiger partial charge in [0.1, 0.15) is 5.69 Å². The maximum absolute atomic E-state index is 10.3. The minimum absolute atomic E-state index is 0.480. The van der Waals surface area contributed by atoms with Crippen molar-refractivity contribution in [3.63, 3.8) is 0 Å². The third-order valence-electron chi connectivity index (χ3n) is 1.75. The first kappa shape index (κ1) is 10.6. The van der Waals surface area contributed by atoms with Crippen LogP contribution in [0.4, 0.5) is 5.69 Å². The van der Waals surface area contributed by atoms with Gasteiger partial charge in [0.05, 0.1) is 12.8 Å². The van der Waals surface area contributed by atoms with Crippen molar-refractivity contribution in [1.82, 2.24) is 9.78 Å². The second-order valence-corrected chi connectivity index (χ2v) is 2.99. The van der Waals surface area contributed by atoms with Crippen molar-refractivity contribution < 1.29 is 9.53 Å². The number of aryl methyl sites for hydroxylation is 1. The van der Waals surface area contributed by atoms with Gasteiger partial charge in [-0.2, -0.15) is 0 Å². The van der Waals surface area contributed by atoms with Crippen molar-refractivity contribution >= 4 is 12.1 Å². The number of hydrogen-bond acceptors (Lipinski definition) is 3. The summed E-state index contributed by atoms with van der Waals surface area (Å²) in [5, 5.41) is 6.61. The number of carbonyl (C=O) groups is 1. The van der Waals surface area contributed by atoms with E-state index in [-0.39, 0.29) is 0 Å². The highest BCUT2D eigenvalue weighted by Crippen LogP contribution is 2.20. The number of amides is 1. The first-order chi connectivity index (χ1) is 6.77. The summed E-state index contributed by atoms with van der Waals surface area (Å²) in [6.07, 6.45) is 4.37. The number of unbranched alkanes of at least 4 members (excludes halogenated alkanes) is 1. The van der Waals surface area contributed by atoms with Gasteiger partial charge in [-0.05, 0) is 6.42 Å². The Labute approximate surface area is 83.1 Å². The summed E-state index contributed by atoms with van der Waals surface area (Å²) in [7, 11) is 1.78. The van der Waals surface area contributed by atoms with E-state index in [1.54, 1.807) is 17.9 Å².